The summed E-state index contributed by atoms with van der Waals surface area (Å²) in [6.07, 6.45) is 1.13. The molecule has 0 aromatic heterocycles. The van der Waals surface area contributed by atoms with Gasteiger partial charge >= 0.3 is 0 Å². The van der Waals surface area contributed by atoms with Crippen molar-refractivity contribution in [2.75, 3.05) is 6.54 Å². The Bertz CT molecular complexity index is 257. The first-order valence-electron chi connectivity index (χ1n) is 3.32. The lowest BCUT2D eigenvalue weighted by Crippen LogP contribution is -1.89. The molecular weight excluding hydrogens is 237 g/mol. The van der Waals surface area contributed by atoms with Crippen molar-refractivity contribution >= 4 is 28.3 Å². The van der Waals surface area contributed by atoms with Crippen LogP contribution >= 0.6 is 22.6 Å². The second-order valence-electron chi connectivity index (χ2n) is 2.40. The van der Waals surface area contributed by atoms with E-state index in [0.29, 0.717) is 0 Å². The smallest absolute Gasteiger partial charge is 0.0617 e. The van der Waals surface area contributed by atoms with Crippen LogP contribution in [0.15, 0.2) is 18.2 Å². The van der Waals surface area contributed by atoms with E-state index in [-0.39, 0.29) is 0 Å². The van der Waals surface area contributed by atoms with Gasteiger partial charge in [-0.15, -0.1) is 0 Å². The number of hydrogen-bond donors (Lipinski definition) is 0. The number of halogens is 1. The van der Waals surface area contributed by atoms with Crippen molar-refractivity contribution in [2.45, 2.75) is 6.42 Å². The summed E-state index contributed by atoms with van der Waals surface area (Å²) in [5.41, 5.74) is 2.60. The lowest BCUT2D eigenvalue weighted by atomic mass is 10.2. The largest absolute Gasteiger partial charge is 0.285 e. The molecule has 0 saturated heterocycles. The van der Waals surface area contributed by atoms with Crippen molar-refractivity contribution in [1.29, 1.82) is 0 Å². The SMILES string of the molecule is Ic1ccc2c(c1)[N]CC2. The quantitative estimate of drug-likeness (QED) is 0.620. The highest BCUT2D eigenvalue weighted by atomic mass is 127. The summed E-state index contributed by atoms with van der Waals surface area (Å²) < 4.78 is 1.28. The lowest BCUT2D eigenvalue weighted by Gasteiger charge is -1.95. The molecule has 0 amide bonds. The van der Waals surface area contributed by atoms with Gasteiger partial charge in [0.1, 0.15) is 0 Å². The van der Waals surface area contributed by atoms with Crippen LogP contribution in [0.2, 0.25) is 0 Å². The Morgan fingerprint density at radius 2 is 2.30 bits per heavy atom. The molecule has 2 heteroatoms. The predicted octanol–water partition coefficient (Wildman–Crippen LogP) is 2.08. The molecule has 51 valence electrons. The molecule has 1 aromatic carbocycles. The number of hydrogen-bond acceptors (Lipinski definition) is 0. The van der Waals surface area contributed by atoms with E-state index in [2.05, 4.69) is 46.1 Å². The van der Waals surface area contributed by atoms with Gasteiger partial charge in [0, 0.05) is 10.1 Å². The van der Waals surface area contributed by atoms with Crippen molar-refractivity contribution in [3.8, 4) is 0 Å². The third-order valence-electron chi connectivity index (χ3n) is 1.71. The first-order chi connectivity index (χ1) is 4.86. The van der Waals surface area contributed by atoms with Crippen LogP contribution in [-0.2, 0) is 6.42 Å². The van der Waals surface area contributed by atoms with Gasteiger partial charge in [0.15, 0.2) is 0 Å². The third-order valence-corrected chi connectivity index (χ3v) is 2.38. The number of rotatable bonds is 0. The Morgan fingerprint density at radius 1 is 1.40 bits per heavy atom. The highest BCUT2D eigenvalue weighted by molar-refractivity contribution is 14.1. The molecule has 1 nitrogen and oxygen atoms in total. The van der Waals surface area contributed by atoms with Crippen LogP contribution in [0, 0.1) is 3.57 Å². The Labute approximate surface area is 74.0 Å². The highest BCUT2D eigenvalue weighted by Crippen LogP contribution is 2.23. The van der Waals surface area contributed by atoms with Crippen LogP contribution in [0.25, 0.3) is 0 Å². The van der Waals surface area contributed by atoms with Crippen LogP contribution in [0.1, 0.15) is 5.56 Å². The molecule has 0 bridgehead atoms. The molecule has 0 spiro atoms. The Balaban J connectivity index is 2.52. The molecule has 0 fully saturated rings. The summed E-state index contributed by atoms with van der Waals surface area (Å²) in [7, 11) is 0. The Morgan fingerprint density at radius 3 is 3.20 bits per heavy atom. The van der Waals surface area contributed by atoms with Crippen molar-refractivity contribution in [2.24, 2.45) is 0 Å². The number of fused-ring (bicyclic) bond motifs is 1. The van der Waals surface area contributed by atoms with Crippen LogP contribution in [-0.4, -0.2) is 6.54 Å². The van der Waals surface area contributed by atoms with Crippen molar-refractivity contribution in [1.82, 2.24) is 5.32 Å². The maximum atomic E-state index is 4.36. The molecule has 10 heavy (non-hydrogen) atoms. The van der Waals surface area contributed by atoms with Gasteiger partial charge in [-0.05, 0) is 46.7 Å². The normalized spacial score (nSPS) is 14.5. The molecule has 0 unspecified atom stereocenters. The van der Waals surface area contributed by atoms with E-state index < -0.39 is 0 Å². The fourth-order valence-corrected chi connectivity index (χ4v) is 1.67. The molecular formula is C8H7IN. The minimum absolute atomic E-state index is 0.982. The topological polar surface area (TPSA) is 14.1 Å². The molecule has 0 aliphatic carbocycles. The van der Waals surface area contributed by atoms with Gasteiger partial charge in [0.05, 0.1) is 5.69 Å². The summed E-state index contributed by atoms with van der Waals surface area (Å²) in [4.78, 5) is 0. The first-order valence-corrected chi connectivity index (χ1v) is 4.40. The van der Waals surface area contributed by atoms with E-state index in [0.717, 1.165) is 13.0 Å². The maximum absolute atomic E-state index is 4.36. The van der Waals surface area contributed by atoms with E-state index in [4.69, 9.17) is 0 Å². The van der Waals surface area contributed by atoms with Gasteiger partial charge in [0.2, 0.25) is 0 Å². The summed E-state index contributed by atoms with van der Waals surface area (Å²) in [5, 5.41) is 4.36. The summed E-state index contributed by atoms with van der Waals surface area (Å²) in [6.45, 7) is 0.982. The number of nitrogens with zero attached hydrogens (tertiary/aromatic N) is 1. The molecule has 1 aliphatic heterocycles. The van der Waals surface area contributed by atoms with Gasteiger partial charge in [-0.3, -0.25) is 5.32 Å². The first kappa shape index (κ1) is 6.46. The minimum Gasteiger partial charge on any atom is -0.285 e. The van der Waals surface area contributed by atoms with Crippen molar-refractivity contribution in [3.05, 3.63) is 27.3 Å². The van der Waals surface area contributed by atoms with E-state index >= 15 is 0 Å². The fraction of sp³-hybridized carbons (Fsp3) is 0.250. The van der Waals surface area contributed by atoms with Crippen LogP contribution in [0.3, 0.4) is 0 Å². The van der Waals surface area contributed by atoms with Crippen molar-refractivity contribution in [3.63, 3.8) is 0 Å². The second-order valence-corrected chi connectivity index (χ2v) is 3.65. The van der Waals surface area contributed by atoms with E-state index in [9.17, 15) is 0 Å². The fourth-order valence-electron chi connectivity index (χ4n) is 1.19. The molecule has 0 atom stereocenters. The average Bonchev–Trinajstić information content (AvgIpc) is 2.33. The van der Waals surface area contributed by atoms with Crippen LogP contribution in [0.5, 0.6) is 0 Å². The summed E-state index contributed by atoms with van der Waals surface area (Å²) in [6, 6.07) is 6.46. The zero-order chi connectivity index (χ0) is 6.97. The molecule has 1 heterocycles. The maximum Gasteiger partial charge on any atom is 0.0617 e. The Hall–Kier alpha value is -0.250. The van der Waals surface area contributed by atoms with E-state index in [1.54, 1.807) is 0 Å². The second kappa shape index (κ2) is 2.42. The van der Waals surface area contributed by atoms with Gasteiger partial charge in [-0.1, -0.05) is 6.07 Å². The van der Waals surface area contributed by atoms with Gasteiger partial charge in [-0.2, -0.15) is 0 Å². The van der Waals surface area contributed by atoms with E-state index in [1.165, 1.54) is 14.8 Å². The summed E-state index contributed by atoms with van der Waals surface area (Å²) in [5.74, 6) is 0. The highest BCUT2D eigenvalue weighted by Gasteiger charge is 2.09. The zero-order valence-electron chi connectivity index (χ0n) is 5.47. The average molecular weight is 244 g/mol. The molecule has 2 rings (SSSR count). The van der Waals surface area contributed by atoms with Gasteiger partial charge < -0.3 is 0 Å². The zero-order valence-corrected chi connectivity index (χ0v) is 7.63. The summed E-state index contributed by atoms with van der Waals surface area (Å²) >= 11 is 2.31. The Kier molecular flexibility index (Phi) is 1.56. The molecule has 1 radical (unpaired) electrons. The minimum atomic E-state index is 0.982. The van der Waals surface area contributed by atoms with Crippen LogP contribution in [0.4, 0.5) is 5.69 Å². The molecule has 0 N–H and O–H groups in total. The molecule has 1 aromatic rings. The number of benzene rings is 1. The van der Waals surface area contributed by atoms with Crippen molar-refractivity contribution < 1.29 is 0 Å². The molecule has 0 saturated carbocycles. The standard InChI is InChI=1S/C8H7IN/c9-7-2-1-6-3-4-10-8(6)5-7/h1-2,5H,3-4H2. The third kappa shape index (κ3) is 1.00. The van der Waals surface area contributed by atoms with Gasteiger partial charge in [0.25, 0.3) is 0 Å². The van der Waals surface area contributed by atoms with Gasteiger partial charge in [-0.25, -0.2) is 0 Å². The van der Waals surface area contributed by atoms with Crippen LogP contribution < -0.4 is 5.32 Å². The predicted molar refractivity (Wildman–Crippen MR) is 49.5 cm³/mol. The molecule has 1 aliphatic rings. The van der Waals surface area contributed by atoms with E-state index in [1.807, 2.05) is 0 Å². The monoisotopic (exact) mass is 244 g/mol. The lowest BCUT2D eigenvalue weighted by molar-refractivity contribution is 0.909.